The van der Waals surface area contributed by atoms with Gasteiger partial charge in [0, 0.05) is 29.3 Å². The summed E-state index contributed by atoms with van der Waals surface area (Å²) in [6, 6.07) is 9.61. The van der Waals surface area contributed by atoms with E-state index in [-0.39, 0.29) is 5.91 Å². The number of carboxylic acid groups (broad SMARTS) is 1. The SMILES string of the molecule is Cc1ncn(-c2ccc(NC(=O)c3cc4n(n3)CCC4)cc2)c1C.O=C(O)C(F)(F)F. The Morgan fingerprint density at radius 3 is 2.32 bits per heavy atom. The van der Waals surface area contributed by atoms with Crippen molar-refractivity contribution in [2.45, 2.75) is 39.4 Å². The van der Waals surface area contributed by atoms with E-state index >= 15 is 0 Å². The fraction of sp³-hybridized carbons (Fsp3) is 0.300. The van der Waals surface area contributed by atoms with E-state index in [1.54, 1.807) is 0 Å². The monoisotopic (exact) mass is 435 g/mol. The second-order valence-corrected chi connectivity index (χ2v) is 6.94. The molecule has 0 atom stereocenters. The molecule has 1 aromatic carbocycles. The Balaban J connectivity index is 0.000000339. The van der Waals surface area contributed by atoms with Gasteiger partial charge in [0.1, 0.15) is 0 Å². The lowest BCUT2D eigenvalue weighted by Crippen LogP contribution is -2.21. The molecule has 31 heavy (non-hydrogen) atoms. The average molecular weight is 435 g/mol. The van der Waals surface area contributed by atoms with Crippen LogP contribution in [0.1, 0.15) is 34.0 Å². The predicted molar refractivity (Wildman–Crippen MR) is 105 cm³/mol. The number of carboxylic acids is 1. The lowest BCUT2D eigenvalue weighted by molar-refractivity contribution is -0.192. The van der Waals surface area contributed by atoms with Gasteiger partial charge >= 0.3 is 12.1 Å². The van der Waals surface area contributed by atoms with Crippen LogP contribution < -0.4 is 5.32 Å². The lowest BCUT2D eigenvalue weighted by Gasteiger charge is -2.08. The van der Waals surface area contributed by atoms with Crippen molar-refractivity contribution in [3.63, 3.8) is 0 Å². The second-order valence-electron chi connectivity index (χ2n) is 6.94. The zero-order valence-electron chi connectivity index (χ0n) is 16.8. The number of aryl methyl sites for hydroxylation is 3. The molecule has 0 saturated carbocycles. The van der Waals surface area contributed by atoms with Crippen LogP contribution in [-0.4, -0.2) is 42.5 Å². The Morgan fingerprint density at radius 2 is 1.81 bits per heavy atom. The molecular formula is C20H20F3N5O3. The number of halogens is 3. The van der Waals surface area contributed by atoms with Crippen LogP contribution in [0.2, 0.25) is 0 Å². The number of nitrogens with one attached hydrogen (secondary N) is 1. The first-order valence-electron chi connectivity index (χ1n) is 9.35. The molecule has 1 aliphatic rings. The standard InChI is InChI=1S/C18H19N5O.C2HF3O2/c1-12-13(2)22(11-19-12)15-7-5-14(6-8-15)20-18(24)17-10-16-4-3-9-23(16)21-17;3-2(4,5)1(6)7/h5-8,10-11H,3-4,9H2,1-2H3,(H,20,24);(H,6,7). The molecule has 0 spiro atoms. The molecule has 2 aromatic heterocycles. The van der Waals surface area contributed by atoms with Crippen molar-refractivity contribution in [3.05, 3.63) is 59.4 Å². The first kappa shape index (κ1) is 22.1. The molecule has 2 N–H and O–H groups in total. The molecule has 0 aliphatic carbocycles. The van der Waals surface area contributed by atoms with Gasteiger partial charge in [-0.05, 0) is 57.0 Å². The number of rotatable bonds is 3. The third-order valence-corrected chi connectivity index (χ3v) is 4.80. The van der Waals surface area contributed by atoms with Gasteiger partial charge in [0.05, 0.1) is 12.0 Å². The molecule has 11 heteroatoms. The van der Waals surface area contributed by atoms with Gasteiger partial charge in [0.25, 0.3) is 5.91 Å². The number of benzene rings is 1. The zero-order chi connectivity index (χ0) is 22.8. The van der Waals surface area contributed by atoms with E-state index < -0.39 is 12.1 Å². The van der Waals surface area contributed by atoms with Crippen molar-refractivity contribution in [2.75, 3.05) is 5.32 Å². The van der Waals surface area contributed by atoms with Crippen molar-refractivity contribution in [1.29, 1.82) is 0 Å². The van der Waals surface area contributed by atoms with E-state index in [4.69, 9.17) is 9.90 Å². The summed E-state index contributed by atoms with van der Waals surface area (Å²) in [6.45, 7) is 4.93. The van der Waals surface area contributed by atoms with Gasteiger partial charge in [0.15, 0.2) is 5.69 Å². The predicted octanol–water partition coefficient (Wildman–Crippen LogP) is 3.52. The number of amides is 1. The van der Waals surface area contributed by atoms with Gasteiger partial charge in [0.2, 0.25) is 0 Å². The van der Waals surface area contributed by atoms with Gasteiger partial charge in [-0.1, -0.05) is 0 Å². The van der Waals surface area contributed by atoms with E-state index in [0.29, 0.717) is 5.69 Å². The Hall–Kier alpha value is -3.63. The van der Waals surface area contributed by atoms with Crippen LogP contribution in [0.5, 0.6) is 0 Å². The Kier molecular flexibility index (Phi) is 6.14. The maximum atomic E-state index is 12.3. The van der Waals surface area contributed by atoms with Crippen molar-refractivity contribution in [2.24, 2.45) is 0 Å². The number of fused-ring (bicyclic) bond motifs is 1. The van der Waals surface area contributed by atoms with Gasteiger partial charge in [-0.15, -0.1) is 0 Å². The molecule has 8 nitrogen and oxygen atoms in total. The minimum Gasteiger partial charge on any atom is -0.475 e. The third-order valence-electron chi connectivity index (χ3n) is 4.80. The van der Waals surface area contributed by atoms with E-state index in [1.165, 1.54) is 0 Å². The minimum absolute atomic E-state index is 0.167. The minimum atomic E-state index is -5.08. The summed E-state index contributed by atoms with van der Waals surface area (Å²) in [5, 5.41) is 14.4. The third kappa shape index (κ3) is 5.11. The molecule has 0 unspecified atom stereocenters. The number of alkyl halides is 3. The van der Waals surface area contributed by atoms with Gasteiger partial charge in [-0.3, -0.25) is 9.48 Å². The molecule has 164 valence electrons. The first-order chi connectivity index (χ1) is 14.6. The molecule has 3 aromatic rings. The van der Waals surface area contributed by atoms with Crippen LogP contribution in [0, 0.1) is 13.8 Å². The van der Waals surface area contributed by atoms with E-state index in [1.807, 2.05) is 59.8 Å². The Labute approximate surface area is 175 Å². The highest BCUT2D eigenvalue weighted by Crippen LogP contribution is 2.19. The van der Waals surface area contributed by atoms with E-state index in [9.17, 15) is 18.0 Å². The number of aromatic nitrogens is 4. The van der Waals surface area contributed by atoms with E-state index in [0.717, 1.165) is 47.8 Å². The zero-order valence-corrected chi connectivity index (χ0v) is 16.8. The number of hydrogen-bond acceptors (Lipinski definition) is 4. The van der Waals surface area contributed by atoms with Crippen molar-refractivity contribution in [3.8, 4) is 5.69 Å². The molecule has 1 aliphatic heterocycles. The summed E-state index contributed by atoms with van der Waals surface area (Å²) in [5.41, 5.74) is 5.52. The van der Waals surface area contributed by atoms with E-state index in [2.05, 4.69) is 15.4 Å². The number of hydrogen-bond donors (Lipinski definition) is 2. The summed E-state index contributed by atoms with van der Waals surface area (Å²) in [7, 11) is 0. The average Bonchev–Trinajstić information content (AvgIpc) is 3.38. The smallest absolute Gasteiger partial charge is 0.475 e. The number of imidazole rings is 1. The van der Waals surface area contributed by atoms with Crippen molar-refractivity contribution < 1.29 is 27.9 Å². The fourth-order valence-corrected chi connectivity index (χ4v) is 3.03. The Bertz CT molecular complexity index is 1080. The molecular weight excluding hydrogens is 415 g/mol. The van der Waals surface area contributed by atoms with Crippen molar-refractivity contribution >= 4 is 17.6 Å². The van der Waals surface area contributed by atoms with Crippen LogP contribution in [0.25, 0.3) is 5.69 Å². The topological polar surface area (TPSA) is 102 Å². The van der Waals surface area contributed by atoms with Crippen LogP contribution in [-0.2, 0) is 17.8 Å². The highest BCUT2D eigenvalue weighted by Gasteiger charge is 2.38. The summed E-state index contributed by atoms with van der Waals surface area (Å²) in [6.07, 6.45) is -1.16. The molecule has 0 fully saturated rings. The number of carbonyl (C=O) groups excluding carboxylic acids is 1. The molecule has 0 radical (unpaired) electrons. The van der Waals surface area contributed by atoms with Gasteiger partial charge < -0.3 is 15.0 Å². The highest BCUT2D eigenvalue weighted by atomic mass is 19.4. The molecule has 0 saturated heterocycles. The lowest BCUT2D eigenvalue weighted by atomic mass is 10.2. The van der Waals surface area contributed by atoms with Crippen LogP contribution in [0.15, 0.2) is 36.7 Å². The quantitative estimate of drug-likeness (QED) is 0.656. The highest BCUT2D eigenvalue weighted by molar-refractivity contribution is 6.03. The van der Waals surface area contributed by atoms with Crippen LogP contribution in [0.4, 0.5) is 18.9 Å². The summed E-state index contributed by atoms with van der Waals surface area (Å²) >= 11 is 0. The first-order valence-corrected chi connectivity index (χ1v) is 9.35. The van der Waals surface area contributed by atoms with Gasteiger partial charge in [-0.2, -0.15) is 18.3 Å². The molecule has 1 amide bonds. The Morgan fingerprint density at radius 1 is 1.16 bits per heavy atom. The maximum absolute atomic E-state index is 12.3. The van der Waals surface area contributed by atoms with Crippen LogP contribution >= 0.6 is 0 Å². The molecule has 4 rings (SSSR count). The number of aliphatic carboxylic acids is 1. The molecule has 0 bridgehead atoms. The largest absolute Gasteiger partial charge is 0.490 e. The van der Waals surface area contributed by atoms with Crippen molar-refractivity contribution in [1.82, 2.24) is 19.3 Å². The number of carbonyl (C=O) groups is 2. The normalized spacial score (nSPS) is 12.7. The number of nitrogens with zero attached hydrogens (tertiary/aromatic N) is 4. The second kappa shape index (κ2) is 8.62. The van der Waals surface area contributed by atoms with Crippen LogP contribution in [0.3, 0.4) is 0 Å². The molecule has 3 heterocycles. The number of anilines is 1. The van der Waals surface area contributed by atoms with Gasteiger partial charge in [-0.25, -0.2) is 9.78 Å². The maximum Gasteiger partial charge on any atom is 0.490 e. The summed E-state index contributed by atoms with van der Waals surface area (Å²) in [4.78, 5) is 25.5. The summed E-state index contributed by atoms with van der Waals surface area (Å²) < 4.78 is 35.7. The fourth-order valence-electron chi connectivity index (χ4n) is 3.03. The summed E-state index contributed by atoms with van der Waals surface area (Å²) in [5.74, 6) is -2.92.